The molecule has 0 spiro atoms. The molecule has 0 atom stereocenters. The standard InChI is InChI=1S/C8H18OS.C2H4O2S.Sn/c1-2-3-4-5-6-9-7-8-10;3-2(4)1-5;/h10H,2-8H2,1H3;5H,1H2,(H,3,4);/q;;+2/p-2. The topological polar surface area (TPSA) is 46.5 Å². The van der Waals surface area contributed by atoms with E-state index in [1.54, 1.807) is 8.95 Å². The van der Waals surface area contributed by atoms with E-state index in [-0.39, 0.29) is 5.75 Å². The van der Waals surface area contributed by atoms with Gasteiger partial charge in [0.05, 0.1) is 0 Å². The number of carbonyl (C=O) groups is 1. The summed E-state index contributed by atoms with van der Waals surface area (Å²) in [5.74, 6) is 0.613. The summed E-state index contributed by atoms with van der Waals surface area (Å²) in [6, 6.07) is 0. The monoisotopic (exact) mass is 372 g/mol. The van der Waals surface area contributed by atoms with Gasteiger partial charge < -0.3 is 0 Å². The Morgan fingerprint density at radius 2 is 2.06 bits per heavy atom. The number of hydrogen-bond acceptors (Lipinski definition) is 4. The third kappa shape index (κ3) is 14.9. The average molecular weight is 371 g/mol. The Kier molecular flexibility index (Phi) is 14.8. The first kappa shape index (κ1) is 16.9. The Morgan fingerprint density at radius 1 is 1.25 bits per heavy atom. The number of rotatable bonds is 12. The van der Waals surface area contributed by atoms with Crippen molar-refractivity contribution in [1.29, 1.82) is 0 Å². The van der Waals surface area contributed by atoms with Gasteiger partial charge in [-0.05, 0) is 0 Å². The molecule has 0 heterocycles. The molecule has 0 aromatic rings. The van der Waals surface area contributed by atoms with Gasteiger partial charge >= 0.3 is 114 Å². The zero-order valence-electron chi connectivity index (χ0n) is 9.74. The van der Waals surface area contributed by atoms with E-state index >= 15 is 0 Å². The maximum atomic E-state index is 10.2. The Labute approximate surface area is 114 Å². The van der Waals surface area contributed by atoms with E-state index in [4.69, 9.17) is 9.84 Å². The van der Waals surface area contributed by atoms with Gasteiger partial charge in [0.15, 0.2) is 0 Å². The van der Waals surface area contributed by atoms with E-state index in [1.165, 1.54) is 25.7 Å². The van der Waals surface area contributed by atoms with E-state index in [9.17, 15) is 4.79 Å². The van der Waals surface area contributed by atoms with Crippen molar-refractivity contribution >= 4 is 42.2 Å². The minimum atomic E-state index is -0.696. The van der Waals surface area contributed by atoms with Crippen molar-refractivity contribution in [1.82, 2.24) is 0 Å². The number of carboxylic acid groups (broad SMARTS) is 1. The second-order valence-electron chi connectivity index (χ2n) is 3.29. The van der Waals surface area contributed by atoms with E-state index in [0.717, 1.165) is 19.0 Å². The molecule has 0 aromatic heterocycles. The van der Waals surface area contributed by atoms with Crippen LogP contribution in [0.2, 0.25) is 0 Å². The molecule has 3 nitrogen and oxygen atoms in total. The molecule has 0 aliphatic rings. The minimum absolute atomic E-state index is 0.275. The van der Waals surface area contributed by atoms with Crippen molar-refractivity contribution in [3.63, 3.8) is 0 Å². The zero-order chi connectivity index (χ0) is 12.1. The van der Waals surface area contributed by atoms with Crippen LogP contribution in [0.25, 0.3) is 0 Å². The Hall–Kier alpha value is 0.929. The number of carboxylic acids is 1. The fourth-order valence-electron chi connectivity index (χ4n) is 1.01. The van der Waals surface area contributed by atoms with Crippen LogP contribution in [0.3, 0.4) is 0 Å². The van der Waals surface area contributed by atoms with E-state index in [2.05, 4.69) is 6.92 Å². The van der Waals surface area contributed by atoms with E-state index in [1.807, 2.05) is 8.95 Å². The van der Waals surface area contributed by atoms with E-state index in [0.29, 0.717) is 0 Å². The van der Waals surface area contributed by atoms with Gasteiger partial charge in [-0.25, -0.2) is 0 Å². The van der Waals surface area contributed by atoms with Crippen LogP contribution in [0.5, 0.6) is 0 Å². The van der Waals surface area contributed by atoms with Crippen LogP contribution >= 0.6 is 17.9 Å². The molecule has 0 saturated carbocycles. The van der Waals surface area contributed by atoms with Crippen LogP contribution < -0.4 is 0 Å². The quantitative estimate of drug-likeness (QED) is 0.422. The second kappa shape index (κ2) is 14.0. The summed E-state index contributed by atoms with van der Waals surface area (Å²) in [7, 11) is 3.52. The Balaban J connectivity index is 2.90. The molecule has 0 fully saturated rings. The molecule has 0 aliphatic carbocycles. The number of ether oxygens (including phenoxy) is 1. The molecule has 0 saturated heterocycles. The first-order valence-corrected chi connectivity index (χ1v) is 14.5. The molecule has 0 rings (SSSR count). The summed E-state index contributed by atoms with van der Waals surface area (Å²) in [5.41, 5.74) is 0. The van der Waals surface area contributed by atoms with Gasteiger partial charge in [0.1, 0.15) is 0 Å². The first-order chi connectivity index (χ1) is 7.77. The molecule has 2 radical (unpaired) electrons. The molecule has 0 aromatic carbocycles. The van der Waals surface area contributed by atoms with Crippen molar-refractivity contribution in [3.05, 3.63) is 0 Å². The van der Waals surface area contributed by atoms with Gasteiger partial charge in [0.25, 0.3) is 0 Å². The van der Waals surface area contributed by atoms with Crippen molar-refractivity contribution in [2.24, 2.45) is 0 Å². The van der Waals surface area contributed by atoms with Crippen LogP contribution in [-0.2, 0) is 9.53 Å². The fraction of sp³-hybridized carbons (Fsp3) is 0.900. The van der Waals surface area contributed by atoms with Gasteiger partial charge in [-0.3, -0.25) is 0 Å². The molecule has 0 unspecified atom stereocenters. The van der Waals surface area contributed by atoms with Crippen LogP contribution in [0.4, 0.5) is 0 Å². The summed E-state index contributed by atoms with van der Waals surface area (Å²) in [4.78, 5) is 10.2. The average Bonchev–Trinajstić information content (AvgIpc) is 2.25. The molecule has 94 valence electrons. The summed E-state index contributed by atoms with van der Waals surface area (Å²) < 4.78 is 5.49. The second-order valence-corrected chi connectivity index (χ2v) is 14.5. The molecule has 1 N–H and O–H groups in total. The fourth-order valence-corrected chi connectivity index (χ4v) is 9.80. The van der Waals surface area contributed by atoms with Crippen molar-refractivity contribution in [2.45, 2.75) is 32.6 Å². The molecule has 0 bridgehead atoms. The van der Waals surface area contributed by atoms with Crippen LogP contribution in [-0.4, -0.2) is 54.2 Å². The Morgan fingerprint density at radius 3 is 2.75 bits per heavy atom. The third-order valence-corrected chi connectivity index (χ3v) is 12.5. The molecule has 6 heteroatoms. The van der Waals surface area contributed by atoms with Crippen molar-refractivity contribution in [2.75, 3.05) is 24.7 Å². The number of unbranched alkanes of at least 4 members (excludes halogenated alkanes) is 3. The number of aliphatic carboxylic acids is 1. The van der Waals surface area contributed by atoms with Crippen molar-refractivity contribution in [3.8, 4) is 0 Å². The van der Waals surface area contributed by atoms with Crippen molar-refractivity contribution < 1.29 is 14.6 Å². The summed E-state index contributed by atoms with van der Waals surface area (Å²) in [5, 5.41) is 8.43. The SMILES string of the molecule is CCCCCCOCC[S][Sn][S]CC(=O)O. The maximum absolute atomic E-state index is 10.2. The van der Waals surface area contributed by atoms with Gasteiger partial charge in [0, 0.05) is 0 Å². The first-order valence-electron chi connectivity index (χ1n) is 5.55. The summed E-state index contributed by atoms with van der Waals surface area (Å²) in [6.45, 7) is 3.91. The van der Waals surface area contributed by atoms with Crippen LogP contribution in [0, 0.1) is 0 Å². The Bertz CT molecular complexity index is 170. The van der Waals surface area contributed by atoms with Gasteiger partial charge in [-0.2, -0.15) is 0 Å². The molecule has 0 aliphatic heterocycles. The third-order valence-electron chi connectivity index (χ3n) is 1.79. The van der Waals surface area contributed by atoms with Gasteiger partial charge in [0.2, 0.25) is 0 Å². The molecular weight excluding hydrogens is 351 g/mol. The molecular formula is C10H20O3S2Sn. The normalized spacial score (nSPS) is 10.6. The van der Waals surface area contributed by atoms with Gasteiger partial charge in [-0.1, -0.05) is 0 Å². The molecule has 16 heavy (non-hydrogen) atoms. The molecule has 0 amide bonds. The predicted molar refractivity (Wildman–Crippen MR) is 73.3 cm³/mol. The van der Waals surface area contributed by atoms with Crippen LogP contribution in [0.15, 0.2) is 0 Å². The predicted octanol–water partition coefficient (Wildman–Crippen LogP) is 2.67. The zero-order valence-corrected chi connectivity index (χ0v) is 14.2. The number of hydrogen-bond donors (Lipinski definition) is 1. The summed E-state index contributed by atoms with van der Waals surface area (Å²) >= 11 is -0.563. The van der Waals surface area contributed by atoms with Crippen LogP contribution in [0.1, 0.15) is 32.6 Å². The van der Waals surface area contributed by atoms with E-state index < -0.39 is 24.3 Å². The summed E-state index contributed by atoms with van der Waals surface area (Å²) in [6.07, 6.45) is 5.02. The van der Waals surface area contributed by atoms with Gasteiger partial charge in [-0.15, -0.1) is 0 Å².